The quantitative estimate of drug-likeness (QED) is 0.907. The minimum Gasteiger partial charge on any atom is -0.493 e. The molecule has 2 aromatic carbocycles. The molecule has 0 spiro atoms. The summed E-state index contributed by atoms with van der Waals surface area (Å²) in [5.74, 6) is 0.732. The molecule has 0 aromatic heterocycles. The Kier molecular flexibility index (Phi) is 4.03. The van der Waals surface area contributed by atoms with Crippen molar-refractivity contribution < 1.29 is 9.13 Å². The fourth-order valence-corrected chi connectivity index (χ4v) is 2.84. The van der Waals surface area contributed by atoms with Gasteiger partial charge in [-0.05, 0) is 35.9 Å². The normalized spacial score (nSPS) is 17.4. The van der Waals surface area contributed by atoms with Gasteiger partial charge < -0.3 is 10.1 Å². The van der Waals surface area contributed by atoms with Gasteiger partial charge in [0.1, 0.15) is 11.6 Å². The maximum Gasteiger partial charge on any atom is 0.124 e. The van der Waals surface area contributed by atoms with E-state index in [1.807, 2.05) is 18.2 Å². The van der Waals surface area contributed by atoms with E-state index in [1.165, 1.54) is 6.07 Å². The zero-order chi connectivity index (χ0) is 13.9. The predicted molar refractivity (Wildman–Crippen MR) is 80.2 cm³/mol. The number of rotatable bonds is 3. The van der Waals surface area contributed by atoms with Crippen LogP contribution >= 0.6 is 15.9 Å². The van der Waals surface area contributed by atoms with Crippen molar-refractivity contribution >= 4 is 15.9 Å². The Bertz CT molecular complexity index is 617. The lowest BCUT2D eigenvalue weighted by atomic mass is 10.0. The van der Waals surface area contributed by atoms with Crippen molar-refractivity contribution in [3.05, 3.63) is 63.9 Å². The molecule has 0 saturated carbocycles. The van der Waals surface area contributed by atoms with Crippen molar-refractivity contribution in [3.8, 4) is 5.75 Å². The average Bonchev–Trinajstić information content (AvgIpc) is 2.45. The Morgan fingerprint density at radius 2 is 2.15 bits per heavy atom. The van der Waals surface area contributed by atoms with Crippen molar-refractivity contribution in [2.24, 2.45) is 0 Å². The molecule has 0 radical (unpaired) electrons. The van der Waals surface area contributed by atoms with Crippen LogP contribution in [0.5, 0.6) is 5.75 Å². The molecule has 1 unspecified atom stereocenters. The number of hydrogen-bond acceptors (Lipinski definition) is 2. The van der Waals surface area contributed by atoms with E-state index in [0.717, 1.165) is 27.8 Å². The second kappa shape index (κ2) is 5.94. The third kappa shape index (κ3) is 3.02. The molecule has 0 amide bonds. The number of nitrogens with one attached hydrogen (secondary N) is 1. The second-order valence-corrected chi connectivity index (χ2v) is 5.80. The first kappa shape index (κ1) is 13.6. The van der Waals surface area contributed by atoms with E-state index in [2.05, 4.69) is 27.3 Å². The van der Waals surface area contributed by atoms with E-state index in [0.29, 0.717) is 13.2 Å². The Morgan fingerprint density at radius 1 is 1.25 bits per heavy atom. The molecule has 2 nitrogen and oxygen atoms in total. The van der Waals surface area contributed by atoms with Crippen molar-refractivity contribution in [1.82, 2.24) is 5.32 Å². The van der Waals surface area contributed by atoms with Crippen molar-refractivity contribution in [3.63, 3.8) is 0 Å². The molecular formula is C16H15BrFNO. The highest BCUT2D eigenvalue weighted by atomic mass is 79.9. The first-order chi connectivity index (χ1) is 9.72. The summed E-state index contributed by atoms with van der Waals surface area (Å²) in [5, 5.41) is 3.48. The number of halogens is 2. The van der Waals surface area contributed by atoms with Crippen LogP contribution in [0, 0.1) is 5.82 Å². The molecule has 0 fully saturated rings. The molecule has 20 heavy (non-hydrogen) atoms. The van der Waals surface area contributed by atoms with Crippen LogP contribution in [0.3, 0.4) is 0 Å². The van der Waals surface area contributed by atoms with Gasteiger partial charge in [0.25, 0.3) is 0 Å². The molecule has 1 heterocycles. The maximum absolute atomic E-state index is 13.2. The summed E-state index contributed by atoms with van der Waals surface area (Å²) in [6, 6.07) is 13.0. The topological polar surface area (TPSA) is 21.3 Å². The second-order valence-electron chi connectivity index (χ2n) is 4.88. The molecule has 3 rings (SSSR count). The monoisotopic (exact) mass is 335 g/mol. The summed E-state index contributed by atoms with van der Waals surface area (Å²) in [5.41, 5.74) is 2.11. The molecule has 0 aliphatic carbocycles. The van der Waals surface area contributed by atoms with Gasteiger partial charge in [-0.25, -0.2) is 4.39 Å². The van der Waals surface area contributed by atoms with E-state index in [4.69, 9.17) is 4.74 Å². The largest absolute Gasteiger partial charge is 0.493 e. The van der Waals surface area contributed by atoms with Gasteiger partial charge in [0.05, 0.1) is 6.61 Å². The average molecular weight is 336 g/mol. The summed E-state index contributed by atoms with van der Waals surface area (Å²) < 4.78 is 19.9. The van der Waals surface area contributed by atoms with E-state index in [-0.39, 0.29) is 11.9 Å². The molecule has 1 N–H and O–H groups in total. The van der Waals surface area contributed by atoms with Crippen molar-refractivity contribution in [1.29, 1.82) is 0 Å². The molecule has 1 atom stereocenters. The van der Waals surface area contributed by atoms with E-state index >= 15 is 0 Å². The van der Waals surface area contributed by atoms with Crippen LogP contribution in [0.4, 0.5) is 4.39 Å². The zero-order valence-corrected chi connectivity index (χ0v) is 12.5. The lowest BCUT2D eigenvalue weighted by Crippen LogP contribution is -2.26. The van der Waals surface area contributed by atoms with Gasteiger partial charge in [-0.3, -0.25) is 0 Å². The molecule has 2 aromatic rings. The summed E-state index contributed by atoms with van der Waals surface area (Å²) in [6.07, 6.45) is 0.915. The summed E-state index contributed by atoms with van der Waals surface area (Å²) >= 11 is 3.49. The molecule has 1 aliphatic rings. The lowest BCUT2D eigenvalue weighted by molar-refractivity contribution is 0.252. The number of benzene rings is 2. The fourth-order valence-electron chi connectivity index (χ4n) is 2.47. The van der Waals surface area contributed by atoms with Crippen LogP contribution in [0.1, 0.15) is 23.6 Å². The molecule has 4 heteroatoms. The maximum atomic E-state index is 13.2. The lowest BCUT2D eigenvalue weighted by Gasteiger charge is -2.27. The fraction of sp³-hybridized carbons (Fsp3) is 0.250. The minimum absolute atomic E-state index is 0.195. The van der Waals surface area contributed by atoms with E-state index < -0.39 is 0 Å². The number of hydrogen-bond donors (Lipinski definition) is 1. The van der Waals surface area contributed by atoms with Crippen molar-refractivity contribution in [2.75, 3.05) is 6.61 Å². The Morgan fingerprint density at radius 3 is 3.00 bits per heavy atom. The zero-order valence-electron chi connectivity index (χ0n) is 10.9. The van der Waals surface area contributed by atoms with Gasteiger partial charge >= 0.3 is 0 Å². The minimum atomic E-state index is -0.195. The highest BCUT2D eigenvalue weighted by Crippen LogP contribution is 2.34. The Labute approximate surface area is 126 Å². The summed E-state index contributed by atoms with van der Waals surface area (Å²) in [7, 11) is 0. The third-order valence-corrected chi connectivity index (χ3v) is 3.95. The van der Waals surface area contributed by atoms with E-state index in [1.54, 1.807) is 12.1 Å². The van der Waals surface area contributed by atoms with Crippen LogP contribution in [0.2, 0.25) is 0 Å². The summed E-state index contributed by atoms with van der Waals surface area (Å²) in [4.78, 5) is 0. The standard InChI is InChI=1S/C16H15BrFNO/c17-12-4-5-16-14(9-12)15(6-7-20-16)19-10-11-2-1-3-13(18)8-11/h1-5,8-9,15,19H,6-7,10H2. The van der Waals surface area contributed by atoms with Gasteiger partial charge in [0, 0.05) is 29.0 Å². The van der Waals surface area contributed by atoms with Crippen LogP contribution < -0.4 is 10.1 Å². The highest BCUT2D eigenvalue weighted by molar-refractivity contribution is 9.10. The van der Waals surface area contributed by atoms with Gasteiger partial charge in [-0.1, -0.05) is 28.1 Å². The first-order valence-electron chi connectivity index (χ1n) is 6.62. The Balaban J connectivity index is 1.75. The molecule has 104 valence electrons. The first-order valence-corrected chi connectivity index (χ1v) is 7.42. The molecule has 1 aliphatic heterocycles. The van der Waals surface area contributed by atoms with Gasteiger partial charge in [-0.15, -0.1) is 0 Å². The summed E-state index contributed by atoms with van der Waals surface area (Å²) in [6.45, 7) is 1.35. The van der Waals surface area contributed by atoms with Crippen LogP contribution in [-0.2, 0) is 6.54 Å². The molecule has 0 saturated heterocycles. The predicted octanol–water partition coefficient (Wildman–Crippen LogP) is 4.20. The van der Waals surface area contributed by atoms with E-state index in [9.17, 15) is 4.39 Å². The number of fused-ring (bicyclic) bond motifs is 1. The van der Waals surface area contributed by atoms with Crippen LogP contribution in [0.25, 0.3) is 0 Å². The third-order valence-electron chi connectivity index (χ3n) is 3.45. The van der Waals surface area contributed by atoms with Gasteiger partial charge in [0.2, 0.25) is 0 Å². The van der Waals surface area contributed by atoms with Crippen LogP contribution in [-0.4, -0.2) is 6.61 Å². The number of ether oxygens (including phenoxy) is 1. The molecule has 0 bridgehead atoms. The van der Waals surface area contributed by atoms with Crippen molar-refractivity contribution in [2.45, 2.75) is 19.0 Å². The van der Waals surface area contributed by atoms with Crippen LogP contribution in [0.15, 0.2) is 46.9 Å². The molecular weight excluding hydrogens is 321 g/mol. The SMILES string of the molecule is Fc1cccc(CNC2CCOc3ccc(Br)cc32)c1. The smallest absolute Gasteiger partial charge is 0.124 e. The van der Waals surface area contributed by atoms with Gasteiger partial charge in [-0.2, -0.15) is 0 Å². The highest BCUT2D eigenvalue weighted by Gasteiger charge is 2.21. The Hall–Kier alpha value is -1.39. The van der Waals surface area contributed by atoms with Gasteiger partial charge in [0.15, 0.2) is 0 Å².